The summed E-state index contributed by atoms with van der Waals surface area (Å²) in [7, 11) is 0. The first-order chi connectivity index (χ1) is 8.22. The van der Waals surface area contributed by atoms with E-state index in [4.69, 9.17) is 0 Å². The van der Waals surface area contributed by atoms with Gasteiger partial charge in [-0.25, -0.2) is 0 Å². The van der Waals surface area contributed by atoms with E-state index in [1.165, 1.54) is 6.42 Å². The monoisotopic (exact) mass is 253 g/mol. The molecule has 1 aromatic rings. The molecule has 1 unspecified atom stereocenters. The van der Waals surface area contributed by atoms with Gasteiger partial charge in [-0.1, -0.05) is 0 Å². The highest BCUT2D eigenvalue weighted by atomic mass is 32.2. The van der Waals surface area contributed by atoms with E-state index >= 15 is 0 Å². The topological polar surface area (TPSA) is 49.0 Å². The maximum absolute atomic E-state index is 12.3. The normalized spacial score (nSPS) is 21.3. The van der Waals surface area contributed by atoms with Gasteiger partial charge in [0.25, 0.3) is 5.91 Å². The van der Waals surface area contributed by atoms with E-state index in [1.807, 2.05) is 23.6 Å². The molecule has 0 aromatic carbocycles. The highest BCUT2D eigenvalue weighted by Crippen LogP contribution is 2.22. The van der Waals surface area contributed by atoms with Crippen LogP contribution in [0.5, 0.6) is 0 Å². The summed E-state index contributed by atoms with van der Waals surface area (Å²) in [4.78, 5) is 14.3. The van der Waals surface area contributed by atoms with Crippen LogP contribution in [0.2, 0.25) is 0 Å². The summed E-state index contributed by atoms with van der Waals surface area (Å²) >= 11 is 1.92. The fourth-order valence-electron chi connectivity index (χ4n) is 2.24. The van der Waals surface area contributed by atoms with Crippen LogP contribution < -0.4 is 0 Å². The Balaban J connectivity index is 2.03. The van der Waals surface area contributed by atoms with Gasteiger partial charge in [0.1, 0.15) is 0 Å². The second-order valence-corrected chi connectivity index (χ2v) is 5.63. The van der Waals surface area contributed by atoms with E-state index in [2.05, 4.69) is 16.5 Å². The Kier molecular flexibility index (Phi) is 4.10. The van der Waals surface area contributed by atoms with Crippen molar-refractivity contribution in [2.75, 3.05) is 19.3 Å². The Bertz CT molecular complexity index is 391. The molecule has 17 heavy (non-hydrogen) atoms. The van der Waals surface area contributed by atoms with E-state index < -0.39 is 0 Å². The summed E-state index contributed by atoms with van der Waals surface area (Å²) in [5.74, 6) is 0.123. The third-order valence-corrected chi connectivity index (χ3v) is 4.49. The van der Waals surface area contributed by atoms with Gasteiger partial charge in [-0.2, -0.15) is 16.9 Å². The first-order valence-electron chi connectivity index (χ1n) is 6.04. The van der Waals surface area contributed by atoms with Gasteiger partial charge in [0.2, 0.25) is 0 Å². The zero-order valence-corrected chi connectivity index (χ0v) is 11.2. The number of H-pyrrole nitrogens is 1. The van der Waals surface area contributed by atoms with Crippen molar-refractivity contribution in [3.8, 4) is 0 Å². The molecule has 0 saturated carbocycles. The lowest BCUT2D eigenvalue weighted by Gasteiger charge is -2.20. The molecule has 1 N–H and O–H groups in total. The highest BCUT2D eigenvalue weighted by Gasteiger charge is 2.22. The Morgan fingerprint density at radius 2 is 2.35 bits per heavy atom. The second kappa shape index (κ2) is 5.58. The lowest BCUT2D eigenvalue weighted by Crippen LogP contribution is -2.32. The van der Waals surface area contributed by atoms with Crippen molar-refractivity contribution in [3.05, 3.63) is 17.5 Å². The molecule has 1 aliphatic rings. The third-order valence-electron chi connectivity index (χ3n) is 3.36. The lowest BCUT2D eigenvalue weighted by atomic mass is 10.2. The Labute approximate surface area is 106 Å². The van der Waals surface area contributed by atoms with Crippen molar-refractivity contribution in [1.82, 2.24) is 15.1 Å². The van der Waals surface area contributed by atoms with Crippen LogP contribution in [0, 0.1) is 6.92 Å². The van der Waals surface area contributed by atoms with E-state index in [-0.39, 0.29) is 5.91 Å². The van der Waals surface area contributed by atoms with E-state index in [0.717, 1.165) is 31.6 Å². The molecule has 1 saturated heterocycles. The predicted octanol–water partition coefficient (Wildman–Crippen LogP) is 2.08. The van der Waals surface area contributed by atoms with Crippen LogP contribution in [0.25, 0.3) is 0 Å². The first-order valence-corrected chi connectivity index (χ1v) is 7.33. The number of aromatic amines is 1. The number of amides is 1. The van der Waals surface area contributed by atoms with Gasteiger partial charge in [-0.05, 0) is 32.4 Å². The average Bonchev–Trinajstić information content (AvgIpc) is 2.64. The number of hydrogen-bond donors (Lipinski definition) is 1. The summed E-state index contributed by atoms with van der Waals surface area (Å²) < 4.78 is 0. The van der Waals surface area contributed by atoms with Crippen LogP contribution in [-0.2, 0) is 0 Å². The van der Waals surface area contributed by atoms with Crippen LogP contribution in [0.3, 0.4) is 0 Å². The Morgan fingerprint density at radius 3 is 3.00 bits per heavy atom. The van der Waals surface area contributed by atoms with Gasteiger partial charge < -0.3 is 4.90 Å². The maximum Gasteiger partial charge on any atom is 0.257 e. The van der Waals surface area contributed by atoms with Gasteiger partial charge in [0.05, 0.1) is 11.8 Å². The van der Waals surface area contributed by atoms with Crippen LogP contribution in [0.1, 0.15) is 35.3 Å². The molecule has 0 bridgehead atoms. The maximum atomic E-state index is 12.3. The number of hydrogen-bond acceptors (Lipinski definition) is 3. The number of nitrogens with zero attached hydrogens (tertiary/aromatic N) is 2. The Morgan fingerprint density at radius 1 is 1.53 bits per heavy atom. The molecule has 1 atom stereocenters. The molecular formula is C12H19N3OS. The van der Waals surface area contributed by atoms with Crippen molar-refractivity contribution in [2.24, 2.45) is 0 Å². The Hall–Kier alpha value is -0.970. The molecule has 2 rings (SSSR count). The molecule has 1 aliphatic heterocycles. The summed E-state index contributed by atoms with van der Waals surface area (Å²) in [6.45, 7) is 3.64. The molecular weight excluding hydrogens is 234 g/mol. The van der Waals surface area contributed by atoms with Crippen molar-refractivity contribution in [2.45, 2.75) is 31.4 Å². The van der Waals surface area contributed by atoms with Crippen LogP contribution >= 0.6 is 11.8 Å². The number of nitrogens with one attached hydrogen (secondary N) is 1. The second-order valence-electron chi connectivity index (χ2n) is 4.49. The molecule has 0 spiro atoms. The zero-order chi connectivity index (χ0) is 12.3. The number of carbonyl (C=O) groups is 1. The van der Waals surface area contributed by atoms with Crippen molar-refractivity contribution < 1.29 is 4.79 Å². The van der Waals surface area contributed by atoms with Gasteiger partial charge in [-0.3, -0.25) is 9.89 Å². The molecule has 94 valence electrons. The summed E-state index contributed by atoms with van der Waals surface area (Å²) in [6.07, 6.45) is 7.21. The lowest BCUT2D eigenvalue weighted by molar-refractivity contribution is 0.0761. The van der Waals surface area contributed by atoms with E-state index in [1.54, 1.807) is 6.20 Å². The zero-order valence-electron chi connectivity index (χ0n) is 10.4. The van der Waals surface area contributed by atoms with Crippen LogP contribution in [0.15, 0.2) is 6.20 Å². The molecule has 0 radical (unpaired) electrons. The predicted molar refractivity (Wildman–Crippen MR) is 70.4 cm³/mol. The van der Waals surface area contributed by atoms with E-state index in [9.17, 15) is 4.79 Å². The standard InChI is InChI=1S/C12H19N3OS/c1-9-11(8-13-14-9)12(16)15-6-3-4-10(17-2)5-7-15/h8,10H,3-7H2,1-2H3,(H,13,14). The largest absolute Gasteiger partial charge is 0.339 e. The number of thioether (sulfide) groups is 1. The fraction of sp³-hybridized carbons (Fsp3) is 0.667. The third kappa shape index (κ3) is 2.83. The molecule has 1 fully saturated rings. The van der Waals surface area contributed by atoms with Crippen molar-refractivity contribution >= 4 is 17.7 Å². The molecule has 5 heteroatoms. The van der Waals surface area contributed by atoms with Gasteiger partial charge in [0.15, 0.2) is 0 Å². The first kappa shape index (κ1) is 12.5. The quantitative estimate of drug-likeness (QED) is 0.878. The minimum Gasteiger partial charge on any atom is -0.339 e. The summed E-state index contributed by atoms with van der Waals surface area (Å²) in [5, 5.41) is 7.44. The van der Waals surface area contributed by atoms with Crippen molar-refractivity contribution in [3.63, 3.8) is 0 Å². The van der Waals surface area contributed by atoms with Gasteiger partial charge in [-0.15, -0.1) is 0 Å². The summed E-state index contributed by atoms with van der Waals surface area (Å²) in [5.41, 5.74) is 1.58. The molecule has 1 amide bonds. The number of rotatable bonds is 2. The van der Waals surface area contributed by atoms with Crippen molar-refractivity contribution in [1.29, 1.82) is 0 Å². The SMILES string of the molecule is CSC1CCCN(C(=O)c2cn[nH]c2C)CC1. The number of likely N-dealkylation sites (tertiary alicyclic amines) is 1. The molecule has 1 aromatic heterocycles. The van der Waals surface area contributed by atoms with Crippen LogP contribution in [-0.4, -0.2) is 45.6 Å². The van der Waals surface area contributed by atoms with E-state index in [0.29, 0.717) is 10.8 Å². The smallest absolute Gasteiger partial charge is 0.257 e. The van der Waals surface area contributed by atoms with Gasteiger partial charge in [0, 0.05) is 24.0 Å². The highest BCUT2D eigenvalue weighted by molar-refractivity contribution is 7.99. The average molecular weight is 253 g/mol. The number of aryl methyl sites for hydroxylation is 1. The molecule has 2 heterocycles. The van der Waals surface area contributed by atoms with Crippen LogP contribution in [0.4, 0.5) is 0 Å². The number of carbonyl (C=O) groups excluding carboxylic acids is 1. The molecule has 0 aliphatic carbocycles. The number of aromatic nitrogens is 2. The summed E-state index contributed by atoms with van der Waals surface area (Å²) in [6, 6.07) is 0. The van der Waals surface area contributed by atoms with Gasteiger partial charge >= 0.3 is 0 Å². The molecule has 4 nitrogen and oxygen atoms in total. The fourth-order valence-corrected chi connectivity index (χ4v) is 2.98. The minimum atomic E-state index is 0.123. The minimum absolute atomic E-state index is 0.123.